The molecule has 0 spiro atoms. The molecule has 38 heavy (non-hydrogen) atoms. The number of carbonyl (C=O) groups excluding carboxylic acids is 4. The van der Waals surface area contributed by atoms with Crippen LogP contribution in [0.25, 0.3) is 0 Å². The van der Waals surface area contributed by atoms with Crippen molar-refractivity contribution < 1.29 is 29.0 Å². The highest BCUT2D eigenvalue weighted by Crippen LogP contribution is 2.13. The zero-order valence-electron chi connectivity index (χ0n) is 22.4. The van der Waals surface area contributed by atoms with Crippen LogP contribution in [0.4, 0.5) is 4.79 Å². The van der Waals surface area contributed by atoms with Gasteiger partial charge in [-0.1, -0.05) is 70.2 Å². The van der Waals surface area contributed by atoms with Crippen molar-refractivity contribution in [1.82, 2.24) is 16.0 Å². The molecule has 0 saturated carbocycles. The molecule has 1 radical (unpaired) electrons. The Hall–Kier alpha value is -3.88. The Morgan fingerprint density at radius 2 is 1.34 bits per heavy atom. The monoisotopic (exact) mass is 524 g/mol. The molecule has 0 heterocycles. The predicted molar refractivity (Wildman–Crippen MR) is 144 cm³/mol. The summed E-state index contributed by atoms with van der Waals surface area (Å²) in [6.07, 6.45) is 1.95. The average Bonchev–Trinajstić information content (AvgIpc) is 2.87. The smallest absolute Gasteiger partial charge is 0.408 e. The van der Waals surface area contributed by atoms with E-state index in [1.165, 1.54) is 12.1 Å². The Labute approximate surface area is 224 Å². The number of amides is 3. The van der Waals surface area contributed by atoms with Crippen LogP contribution < -0.4 is 16.0 Å². The number of alkyl carbamates (subject to hydrolysis) is 1. The van der Waals surface area contributed by atoms with Gasteiger partial charge in [0, 0.05) is 6.42 Å². The number of carbonyl (C=O) groups is 3. The first-order valence-corrected chi connectivity index (χ1v) is 12.8. The van der Waals surface area contributed by atoms with E-state index in [2.05, 4.69) is 16.0 Å². The number of aromatic hydroxyl groups is 1. The number of rotatable bonds is 14. The molecular formula is C29H38N3O6. The highest BCUT2D eigenvalue weighted by molar-refractivity contribution is 5.92. The van der Waals surface area contributed by atoms with Crippen LogP contribution >= 0.6 is 0 Å². The first kappa shape index (κ1) is 30.3. The third kappa shape index (κ3) is 11.0. The second kappa shape index (κ2) is 15.4. The van der Waals surface area contributed by atoms with Gasteiger partial charge in [0.25, 0.3) is 0 Å². The van der Waals surface area contributed by atoms with Crippen molar-refractivity contribution in [2.45, 2.75) is 71.7 Å². The van der Waals surface area contributed by atoms with E-state index < -0.39 is 36.0 Å². The van der Waals surface area contributed by atoms with Crippen molar-refractivity contribution in [3.8, 4) is 5.75 Å². The van der Waals surface area contributed by atoms with Crippen LogP contribution in [-0.4, -0.2) is 47.4 Å². The van der Waals surface area contributed by atoms with Gasteiger partial charge in [0.05, 0.1) is 6.04 Å². The Morgan fingerprint density at radius 1 is 0.789 bits per heavy atom. The van der Waals surface area contributed by atoms with Crippen LogP contribution in [0.2, 0.25) is 0 Å². The molecule has 2 aromatic rings. The molecule has 0 aliphatic heterocycles. The molecule has 0 aromatic heterocycles. The van der Waals surface area contributed by atoms with Gasteiger partial charge in [-0.15, -0.1) is 0 Å². The molecule has 0 saturated heterocycles. The maximum atomic E-state index is 13.2. The van der Waals surface area contributed by atoms with Gasteiger partial charge < -0.3 is 25.8 Å². The quantitative estimate of drug-likeness (QED) is 0.299. The van der Waals surface area contributed by atoms with Crippen LogP contribution in [0.5, 0.6) is 5.75 Å². The van der Waals surface area contributed by atoms with E-state index >= 15 is 0 Å². The average molecular weight is 525 g/mol. The highest BCUT2D eigenvalue weighted by Gasteiger charge is 2.29. The molecule has 2 rings (SSSR count). The van der Waals surface area contributed by atoms with Gasteiger partial charge in [0.1, 0.15) is 24.4 Å². The van der Waals surface area contributed by atoms with Crippen molar-refractivity contribution >= 4 is 24.2 Å². The summed E-state index contributed by atoms with van der Waals surface area (Å²) in [6.45, 7) is 7.73. The van der Waals surface area contributed by atoms with Gasteiger partial charge in [0.15, 0.2) is 0 Å². The Kier molecular flexibility index (Phi) is 12.3. The fraction of sp³-hybridized carbons (Fsp3) is 0.448. The fourth-order valence-corrected chi connectivity index (χ4v) is 3.85. The first-order valence-electron chi connectivity index (χ1n) is 12.8. The van der Waals surface area contributed by atoms with Gasteiger partial charge in [-0.25, -0.2) is 4.79 Å². The summed E-state index contributed by atoms with van der Waals surface area (Å²) in [4.78, 5) is 50.3. The molecule has 3 atom stereocenters. The minimum absolute atomic E-state index is 0.0612. The van der Waals surface area contributed by atoms with E-state index in [1.807, 2.05) is 64.3 Å². The number of nitrogens with one attached hydrogen (secondary N) is 3. The molecule has 0 unspecified atom stereocenters. The van der Waals surface area contributed by atoms with Crippen LogP contribution in [0.3, 0.4) is 0 Å². The van der Waals surface area contributed by atoms with E-state index in [-0.39, 0.29) is 30.6 Å². The number of phenols is 1. The van der Waals surface area contributed by atoms with Crippen LogP contribution in [0.15, 0.2) is 54.6 Å². The van der Waals surface area contributed by atoms with Crippen molar-refractivity contribution in [3.05, 3.63) is 65.7 Å². The summed E-state index contributed by atoms with van der Waals surface area (Å²) in [7, 11) is 0. The molecule has 2 aromatic carbocycles. The number of ether oxygens (including phenoxy) is 1. The lowest BCUT2D eigenvalue weighted by Crippen LogP contribution is -2.55. The maximum Gasteiger partial charge on any atom is 0.408 e. The lowest BCUT2D eigenvalue weighted by molar-refractivity contribution is -0.130. The predicted octanol–water partition coefficient (Wildman–Crippen LogP) is 3.40. The topological polar surface area (TPSA) is 134 Å². The molecule has 0 aliphatic rings. The molecule has 0 aliphatic carbocycles. The number of phenolic OH excluding ortho intramolecular Hbond substituents is 1. The van der Waals surface area contributed by atoms with Crippen molar-refractivity contribution in [2.75, 3.05) is 0 Å². The summed E-state index contributed by atoms with van der Waals surface area (Å²) in [5.74, 6) is -0.792. The lowest BCUT2D eigenvalue weighted by atomic mass is 9.99. The zero-order valence-corrected chi connectivity index (χ0v) is 22.4. The summed E-state index contributed by atoms with van der Waals surface area (Å²) in [6, 6.07) is 12.7. The van der Waals surface area contributed by atoms with Gasteiger partial charge >= 0.3 is 6.09 Å². The largest absolute Gasteiger partial charge is 0.508 e. The Bertz CT molecular complexity index is 1040. The van der Waals surface area contributed by atoms with Gasteiger partial charge in [-0.05, 0) is 47.9 Å². The molecule has 3 amide bonds. The molecule has 9 nitrogen and oxygen atoms in total. The number of benzene rings is 2. The number of hydrogen-bond acceptors (Lipinski definition) is 6. The van der Waals surface area contributed by atoms with Crippen molar-refractivity contribution in [2.24, 2.45) is 11.8 Å². The zero-order chi connectivity index (χ0) is 28.1. The molecule has 205 valence electrons. The third-order valence-electron chi connectivity index (χ3n) is 5.70. The minimum Gasteiger partial charge on any atom is -0.508 e. The molecule has 0 fully saturated rings. The van der Waals surface area contributed by atoms with Crippen LogP contribution in [0, 0.1) is 11.8 Å². The SMILES string of the molecule is CC(C)C[C@H](NC(=O)OCc1ccccc1)C(=O)N[C@@H](CC(C)C)C(=O)N[C@H]([C]=O)Cc1ccc(O)cc1. The van der Waals surface area contributed by atoms with Crippen LogP contribution in [-0.2, 0) is 32.1 Å². The summed E-state index contributed by atoms with van der Waals surface area (Å²) < 4.78 is 5.27. The molecule has 0 bridgehead atoms. The van der Waals surface area contributed by atoms with Crippen molar-refractivity contribution in [3.63, 3.8) is 0 Å². The lowest BCUT2D eigenvalue weighted by Gasteiger charge is -2.25. The second-order valence-electron chi connectivity index (χ2n) is 10.1. The second-order valence-corrected chi connectivity index (χ2v) is 10.1. The Morgan fingerprint density at radius 3 is 1.89 bits per heavy atom. The summed E-state index contributed by atoms with van der Waals surface area (Å²) in [5, 5.41) is 17.5. The Balaban J connectivity index is 2.04. The standard InChI is InChI=1S/C29H38N3O6/c1-19(2)14-25(27(35)30-23(17-33)16-21-10-12-24(34)13-11-21)31-28(36)26(15-20(3)4)32-29(37)38-18-22-8-6-5-7-9-22/h5-13,19-20,23,25-26,34H,14-16,18H2,1-4H3,(H,30,35)(H,31,36)(H,32,37)/t23-,25-,26-/m0/s1. The van der Waals surface area contributed by atoms with Gasteiger partial charge in [-0.2, -0.15) is 0 Å². The molecule has 9 heteroatoms. The van der Waals surface area contributed by atoms with E-state index in [0.29, 0.717) is 12.8 Å². The third-order valence-corrected chi connectivity index (χ3v) is 5.70. The molecular weight excluding hydrogens is 486 g/mol. The number of hydrogen-bond donors (Lipinski definition) is 4. The highest BCUT2D eigenvalue weighted by atomic mass is 16.5. The van der Waals surface area contributed by atoms with Crippen molar-refractivity contribution in [1.29, 1.82) is 0 Å². The maximum absolute atomic E-state index is 13.2. The van der Waals surface area contributed by atoms with E-state index in [1.54, 1.807) is 12.1 Å². The van der Waals surface area contributed by atoms with E-state index in [4.69, 9.17) is 4.74 Å². The normalized spacial score (nSPS) is 13.3. The molecule has 4 N–H and O–H groups in total. The summed E-state index contributed by atoms with van der Waals surface area (Å²) in [5.41, 5.74) is 1.55. The minimum atomic E-state index is -0.934. The van der Waals surface area contributed by atoms with Gasteiger partial charge in [0.2, 0.25) is 18.1 Å². The van der Waals surface area contributed by atoms with Gasteiger partial charge in [-0.3, -0.25) is 14.4 Å². The van der Waals surface area contributed by atoms with E-state index in [0.717, 1.165) is 11.1 Å². The van der Waals surface area contributed by atoms with E-state index in [9.17, 15) is 24.3 Å². The first-order chi connectivity index (χ1) is 18.1. The fourth-order valence-electron chi connectivity index (χ4n) is 3.85. The van der Waals surface area contributed by atoms with Crippen LogP contribution in [0.1, 0.15) is 51.7 Å². The summed E-state index contributed by atoms with van der Waals surface area (Å²) >= 11 is 0.